The predicted molar refractivity (Wildman–Crippen MR) is 94.6 cm³/mol. The molecule has 0 fully saturated rings. The zero-order valence-electron chi connectivity index (χ0n) is 14.3. The smallest absolute Gasteiger partial charge is 0.370 e. The highest BCUT2D eigenvalue weighted by Gasteiger charge is 2.28. The van der Waals surface area contributed by atoms with E-state index in [1.807, 2.05) is 12.1 Å². The van der Waals surface area contributed by atoms with Gasteiger partial charge >= 0.3 is 11.9 Å². The van der Waals surface area contributed by atoms with Crippen LogP contribution in [0.1, 0.15) is 41.4 Å². The Bertz CT molecular complexity index is 866. The Balaban J connectivity index is 1.77. The first-order valence-electron chi connectivity index (χ1n) is 8.17. The van der Waals surface area contributed by atoms with Crippen molar-refractivity contribution in [3.05, 3.63) is 39.0 Å². The largest absolute Gasteiger partial charge is 0.471 e. The molecule has 0 bridgehead atoms. The SMILES string of the molecule is CCC(=O)OC(=O)c1c(OC2CCc3cc(Cl)c(Cl)cc3C2)nnn1C. The molecule has 1 aromatic carbocycles. The third-order valence-corrected chi connectivity index (χ3v) is 4.91. The molecule has 7 nitrogen and oxygen atoms in total. The van der Waals surface area contributed by atoms with Crippen LogP contribution in [0.2, 0.25) is 10.0 Å². The molecule has 0 aliphatic heterocycles. The van der Waals surface area contributed by atoms with Gasteiger partial charge in [0, 0.05) is 19.9 Å². The second-order valence-electron chi connectivity index (χ2n) is 6.00. The van der Waals surface area contributed by atoms with Crippen molar-refractivity contribution in [1.82, 2.24) is 15.0 Å². The van der Waals surface area contributed by atoms with Gasteiger partial charge in [0.25, 0.3) is 5.88 Å². The van der Waals surface area contributed by atoms with Crippen molar-refractivity contribution in [3.8, 4) is 5.88 Å². The van der Waals surface area contributed by atoms with Crippen LogP contribution in [0.4, 0.5) is 0 Å². The van der Waals surface area contributed by atoms with E-state index in [1.54, 1.807) is 6.92 Å². The molecule has 0 spiro atoms. The molecule has 1 heterocycles. The molecule has 0 saturated carbocycles. The first kappa shape index (κ1) is 18.7. The van der Waals surface area contributed by atoms with Crippen molar-refractivity contribution in [3.63, 3.8) is 0 Å². The van der Waals surface area contributed by atoms with Crippen molar-refractivity contribution in [1.29, 1.82) is 0 Å². The number of rotatable bonds is 4. The van der Waals surface area contributed by atoms with Gasteiger partial charge in [0.1, 0.15) is 6.10 Å². The van der Waals surface area contributed by atoms with Gasteiger partial charge in [-0.2, -0.15) is 0 Å². The van der Waals surface area contributed by atoms with Gasteiger partial charge in [-0.05, 0) is 36.1 Å². The Morgan fingerprint density at radius 3 is 2.65 bits per heavy atom. The number of aryl methyl sites for hydroxylation is 2. The van der Waals surface area contributed by atoms with Crippen molar-refractivity contribution < 1.29 is 19.1 Å². The molecule has 1 aliphatic rings. The van der Waals surface area contributed by atoms with Crippen LogP contribution in [0, 0.1) is 0 Å². The second-order valence-corrected chi connectivity index (χ2v) is 6.81. The van der Waals surface area contributed by atoms with Crippen LogP contribution in [0.5, 0.6) is 5.88 Å². The molecule has 1 unspecified atom stereocenters. The number of fused-ring (bicyclic) bond motifs is 1. The molecule has 0 radical (unpaired) electrons. The van der Waals surface area contributed by atoms with Crippen LogP contribution < -0.4 is 4.74 Å². The van der Waals surface area contributed by atoms with Crippen molar-refractivity contribution in [2.45, 2.75) is 38.7 Å². The molecule has 0 N–H and O–H groups in total. The van der Waals surface area contributed by atoms with E-state index in [-0.39, 0.29) is 24.1 Å². The van der Waals surface area contributed by atoms with Gasteiger partial charge in [0.05, 0.1) is 10.0 Å². The summed E-state index contributed by atoms with van der Waals surface area (Å²) in [6.45, 7) is 1.60. The lowest BCUT2D eigenvalue weighted by Crippen LogP contribution is -2.26. The Morgan fingerprint density at radius 2 is 1.96 bits per heavy atom. The summed E-state index contributed by atoms with van der Waals surface area (Å²) in [5, 5.41) is 8.71. The monoisotopic (exact) mass is 397 g/mol. The van der Waals surface area contributed by atoms with Crippen LogP contribution in [0.25, 0.3) is 0 Å². The predicted octanol–water partition coefficient (Wildman–Crippen LogP) is 3.15. The van der Waals surface area contributed by atoms with Gasteiger partial charge in [-0.1, -0.05) is 40.4 Å². The van der Waals surface area contributed by atoms with E-state index in [0.29, 0.717) is 16.5 Å². The van der Waals surface area contributed by atoms with E-state index in [1.165, 1.54) is 11.7 Å². The zero-order chi connectivity index (χ0) is 18.8. The summed E-state index contributed by atoms with van der Waals surface area (Å²) in [4.78, 5) is 23.6. The number of hydrogen-bond acceptors (Lipinski definition) is 6. The standard InChI is InChI=1S/C17H17Cl2N3O4/c1-3-14(23)26-17(24)15-16(20-21-22(15)2)25-11-5-4-9-7-12(18)13(19)8-10(9)6-11/h7-8,11H,3-6H2,1-2H3. The molecule has 1 atom stereocenters. The Kier molecular flexibility index (Phi) is 5.48. The number of nitrogens with zero attached hydrogens (tertiary/aromatic N) is 3. The topological polar surface area (TPSA) is 83.3 Å². The van der Waals surface area contributed by atoms with E-state index >= 15 is 0 Å². The van der Waals surface area contributed by atoms with Crippen LogP contribution >= 0.6 is 23.2 Å². The first-order valence-corrected chi connectivity index (χ1v) is 8.92. The lowest BCUT2D eigenvalue weighted by molar-refractivity contribution is -0.137. The minimum Gasteiger partial charge on any atom is -0.471 e. The average Bonchev–Trinajstić information content (AvgIpc) is 2.96. The minimum atomic E-state index is -0.828. The molecule has 0 amide bonds. The Labute approximate surface area is 160 Å². The van der Waals surface area contributed by atoms with Gasteiger partial charge in [0.2, 0.25) is 5.69 Å². The average molecular weight is 398 g/mol. The number of hydrogen-bond donors (Lipinski definition) is 0. The van der Waals surface area contributed by atoms with Gasteiger partial charge < -0.3 is 9.47 Å². The summed E-state index contributed by atoms with van der Waals surface area (Å²) < 4.78 is 11.9. The number of esters is 2. The molecule has 138 valence electrons. The zero-order valence-corrected chi connectivity index (χ0v) is 15.8. The van der Waals surface area contributed by atoms with E-state index in [0.717, 1.165) is 24.0 Å². The number of aromatic nitrogens is 3. The molecule has 2 aromatic rings. The maximum absolute atomic E-state index is 12.2. The molecule has 26 heavy (non-hydrogen) atoms. The fourth-order valence-electron chi connectivity index (χ4n) is 2.84. The molecular weight excluding hydrogens is 381 g/mol. The summed E-state index contributed by atoms with van der Waals surface area (Å²) in [6.07, 6.45) is 1.99. The lowest BCUT2D eigenvalue weighted by Gasteiger charge is -2.25. The highest BCUT2D eigenvalue weighted by Crippen LogP contribution is 2.32. The van der Waals surface area contributed by atoms with E-state index in [9.17, 15) is 9.59 Å². The van der Waals surface area contributed by atoms with E-state index in [4.69, 9.17) is 32.7 Å². The van der Waals surface area contributed by atoms with E-state index in [2.05, 4.69) is 10.3 Å². The van der Waals surface area contributed by atoms with Crippen LogP contribution in [0.3, 0.4) is 0 Å². The van der Waals surface area contributed by atoms with Gasteiger partial charge in [0.15, 0.2) is 0 Å². The summed E-state index contributed by atoms with van der Waals surface area (Å²) >= 11 is 12.2. The van der Waals surface area contributed by atoms with Gasteiger partial charge in [-0.3, -0.25) is 4.79 Å². The van der Waals surface area contributed by atoms with Crippen LogP contribution in [0.15, 0.2) is 12.1 Å². The minimum absolute atomic E-state index is 0.00624. The maximum atomic E-state index is 12.2. The Morgan fingerprint density at radius 1 is 1.27 bits per heavy atom. The van der Waals surface area contributed by atoms with Crippen LogP contribution in [-0.4, -0.2) is 33.0 Å². The number of carbonyl (C=O) groups is 2. The summed E-state index contributed by atoms with van der Waals surface area (Å²) in [7, 11) is 1.53. The van der Waals surface area contributed by atoms with Crippen molar-refractivity contribution in [2.24, 2.45) is 7.05 Å². The number of benzene rings is 1. The quantitative estimate of drug-likeness (QED) is 0.581. The van der Waals surface area contributed by atoms with Crippen molar-refractivity contribution in [2.75, 3.05) is 0 Å². The molecular formula is C17H17Cl2N3O4. The number of ether oxygens (including phenoxy) is 2. The number of carbonyl (C=O) groups excluding carboxylic acids is 2. The summed E-state index contributed by atoms with van der Waals surface area (Å²) in [6, 6.07) is 3.71. The third kappa shape index (κ3) is 3.83. The summed E-state index contributed by atoms with van der Waals surface area (Å²) in [5.41, 5.74) is 2.18. The maximum Gasteiger partial charge on any atom is 0.370 e. The third-order valence-electron chi connectivity index (χ3n) is 4.19. The molecule has 0 saturated heterocycles. The molecule has 1 aliphatic carbocycles. The van der Waals surface area contributed by atoms with Crippen molar-refractivity contribution >= 4 is 35.1 Å². The normalized spacial score (nSPS) is 16.1. The second kappa shape index (κ2) is 7.63. The highest BCUT2D eigenvalue weighted by atomic mass is 35.5. The molecule has 9 heteroatoms. The fraction of sp³-hybridized carbons (Fsp3) is 0.412. The van der Waals surface area contributed by atoms with E-state index < -0.39 is 11.9 Å². The van der Waals surface area contributed by atoms with Gasteiger partial charge in [-0.25, -0.2) is 9.48 Å². The number of halogens is 2. The Hall–Kier alpha value is -2.12. The summed E-state index contributed by atoms with van der Waals surface area (Å²) in [5.74, 6) is -1.40. The molecule has 3 rings (SSSR count). The fourth-order valence-corrected chi connectivity index (χ4v) is 3.21. The lowest BCUT2D eigenvalue weighted by atomic mass is 9.90. The highest BCUT2D eigenvalue weighted by molar-refractivity contribution is 6.42. The first-order chi connectivity index (χ1) is 12.4. The van der Waals surface area contributed by atoms with Crippen LogP contribution in [-0.2, 0) is 29.4 Å². The molecule has 1 aromatic heterocycles. The van der Waals surface area contributed by atoms with Gasteiger partial charge in [-0.15, -0.1) is 0 Å².